The quantitative estimate of drug-likeness (QED) is 0.672. The van der Waals surface area contributed by atoms with E-state index in [0.29, 0.717) is 18.4 Å². The van der Waals surface area contributed by atoms with E-state index in [2.05, 4.69) is 46.5 Å². The van der Waals surface area contributed by atoms with Crippen LogP contribution in [0.5, 0.6) is 0 Å². The van der Waals surface area contributed by atoms with Crippen molar-refractivity contribution in [3.8, 4) is 11.3 Å². The van der Waals surface area contributed by atoms with Crippen LogP contribution in [0.25, 0.3) is 11.3 Å². The van der Waals surface area contributed by atoms with Gasteiger partial charge >= 0.3 is 0 Å². The number of nitrogens with zero attached hydrogens (tertiary/aromatic N) is 3. The standard InChI is InChI=1S/C22H25ClN4.ClH/c1-26-12-18(22(25-26)19-9-5-6-10-21(19)23)14-27-13-17(11-24)20(15-27)16-7-3-2-4-8-16;/h2-10,12,17,20H,11,13-15,24H2,1H3;1H/t17-,20+;/m1./s1. The molecule has 1 aliphatic rings. The smallest absolute Gasteiger partial charge is 0.0983 e. The van der Waals surface area contributed by atoms with Crippen LogP contribution < -0.4 is 5.73 Å². The highest BCUT2D eigenvalue weighted by Crippen LogP contribution is 2.35. The van der Waals surface area contributed by atoms with Crippen LogP contribution in [-0.2, 0) is 13.6 Å². The van der Waals surface area contributed by atoms with Crippen LogP contribution in [0.15, 0.2) is 60.8 Å². The Kier molecular flexibility index (Phi) is 6.78. The number of aromatic nitrogens is 2. The van der Waals surface area contributed by atoms with E-state index in [0.717, 1.165) is 35.9 Å². The molecule has 0 saturated carbocycles. The molecule has 148 valence electrons. The van der Waals surface area contributed by atoms with Gasteiger partial charge in [0.05, 0.1) is 10.7 Å². The number of hydrogen-bond acceptors (Lipinski definition) is 3. The SMILES string of the molecule is Cl.Cn1cc(CN2C[C@@H](CN)[C@H](c3ccccc3)C2)c(-c2ccccc2Cl)n1. The summed E-state index contributed by atoms with van der Waals surface area (Å²) in [7, 11) is 1.96. The van der Waals surface area contributed by atoms with Gasteiger partial charge in [-0.15, -0.1) is 12.4 Å². The van der Waals surface area contributed by atoms with Crippen molar-refractivity contribution in [1.82, 2.24) is 14.7 Å². The summed E-state index contributed by atoms with van der Waals surface area (Å²) in [4.78, 5) is 2.49. The number of aryl methyl sites for hydroxylation is 1. The molecule has 4 rings (SSSR count). The highest BCUT2D eigenvalue weighted by atomic mass is 35.5. The van der Waals surface area contributed by atoms with Crippen LogP contribution in [0.4, 0.5) is 0 Å². The predicted octanol–water partition coefficient (Wildman–Crippen LogP) is 4.34. The largest absolute Gasteiger partial charge is 0.330 e. The van der Waals surface area contributed by atoms with Crippen LogP contribution in [0.1, 0.15) is 17.0 Å². The van der Waals surface area contributed by atoms with Gasteiger partial charge in [0.2, 0.25) is 0 Å². The van der Waals surface area contributed by atoms with Crippen molar-refractivity contribution in [1.29, 1.82) is 0 Å². The first-order chi connectivity index (χ1) is 13.2. The van der Waals surface area contributed by atoms with Gasteiger partial charge in [0.15, 0.2) is 0 Å². The number of hydrogen-bond donors (Lipinski definition) is 1. The molecule has 0 unspecified atom stereocenters. The number of rotatable bonds is 5. The molecule has 0 radical (unpaired) electrons. The van der Waals surface area contributed by atoms with Crippen molar-refractivity contribution in [2.24, 2.45) is 18.7 Å². The van der Waals surface area contributed by atoms with Crippen molar-refractivity contribution in [2.75, 3.05) is 19.6 Å². The molecule has 2 atom stereocenters. The van der Waals surface area contributed by atoms with Crippen LogP contribution in [0, 0.1) is 5.92 Å². The Labute approximate surface area is 177 Å². The molecular formula is C22H26Cl2N4. The normalized spacial score (nSPS) is 19.5. The first-order valence-corrected chi connectivity index (χ1v) is 9.78. The molecule has 3 aromatic rings. The molecule has 0 amide bonds. The second-order valence-electron chi connectivity index (χ2n) is 7.36. The third kappa shape index (κ3) is 4.26. The number of halogens is 2. The first kappa shape index (κ1) is 20.9. The van der Waals surface area contributed by atoms with Gasteiger partial charge in [-0.2, -0.15) is 5.10 Å². The first-order valence-electron chi connectivity index (χ1n) is 9.40. The maximum Gasteiger partial charge on any atom is 0.0983 e. The Morgan fingerprint density at radius 1 is 1.07 bits per heavy atom. The average Bonchev–Trinajstić information content (AvgIpc) is 3.26. The van der Waals surface area contributed by atoms with Crippen molar-refractivity contribution in [2.45, 2.75) is 12.5 Å². The molecule has 0 aliphatic carbocycles. The lowest BCUT2D eigenvalue weighted by Gasteiger charge is -2.17. The predicted molar refractivity (Wildman–Crippen MR) is 118 cm³/mol. The van der Waals surface area contributed by atoms with Gasteiger partial charge in [-0.05, 0) is 24.1 Å². The van der Waals surface area contributed by atoms with E-state index in [1.807, 2.05) is 36.0 Å². The molecule has 0 bridgehead atoms. The Hall–Kier alpha value is -1.85. The molecular weight excluding hydrogens is 391 g/mol. The van der Waals surface area contributed by atoms with Crippen molar-refractivity contribution in [3.05, 3.63) is 76.9 Å². The molecule has 2 N–H and O–H groups in total. The number of likely N-dealkylation sites (tertiary alicyclic amines) is 1. The summed E-state index contributed by atoms with van der Waals surface area (Å²) in [6.07, 6.45) is 2.10. The lowest BCUT2D eigenvalue weighted by atomic mass is 9.89. The molecule has 2 aromatic carbocycles. The van der Waals surface area contributed by atoms with Gasteiger partial charge in [0.25, 0.3) is 0 Å². The zero-order valence-corrected chi connectivity index (χ0v) is 17.5. The zero-order valence-electron chi connectivity index (χ0n) is 16.0. The lowest BCUT2D eigenvalue weighted by molar-refractivity contribution is 0.317. The molecule has 6 heteroatoms. The third-order valence-electron chi connectivity index (χ3n) is 5.47. The Balaban J connectivity index is 0.00000225. The van der Waals surface area contributed by atoms with Crippen LogP contribution in [0.2, 0.25) is 5.02 Å². The summed E-state index contributed by atoms with van der Waals surface area (Å²) in [5, 5.41) is 5.42. The van der Waals surface area contributed by atoms with Crippen LogP contribution >= 0.6 is 24.0 Å². The molecule has 0 spiro atoms. The summed E-state index contributed by atoms with van der Waals surface area (Å²) in [5.41, 5.74) is 10.6. The second-order valence-corrected chi connectivity index (χ2v) is 7.77. The maximum absolute atomic E-state index is 6.43. The highest BCUT2D eigenvalue weighted by Gasteiger charge is 2.33. The lowest BCUT2D eigenvalue weighted by Crippen LogP contribution is -2.23. The van der Waals surface area contributed by atoms with E-state index >= 15 is 0 Å². The van der Waals surface area contributed by atoms with Crippen molar-refractivity contribution >= 4 is 24.0 Å². The fourth-order valence-corrected chi connectivity index (χ4v) is 4.41. The zero-order chi connectivity index (χ0) is 18.8. The highest BCUT2D eigenvalue weighted by molar-refractivity contribution is 6.33. The van der Waals surface area contributed by atoms with Gasteiger partial charge in [0.1, 0.15) is 0 Å². The van der Waals surface area contributed by atoms with Crippen LogP contribution in [0.3, 0.4) is 0 Å². The molecule has 1 saturated heterocycles. The Morgan fingerprint density at radius 3 is 2.50 bits per heavy atom. The minimum atomic E-state index is 0. The van der Waals surface area contributed by atoms with E-state index in [9.17, 15) is 0 Å². The summed E-state index contributed by atoms with van der Waals surface area (Å²) in [6, 6.07) is 18.6. The minimum Gasteiger partial charge on any atom is -0.330 e. The third-order valence-corrected chi connectivity index (χ3v) is 5.80. The molecule has 1 fully saturated rings. The van der Waals surface area contributed by atoms with E-state index in [1.54, 1.807) is 0 Å². The van der Waals surface area contributed by atoms with Gasteiger partial charge in [-0.3, -0.25) is 9.58 Å². The minimum absolute atomic E-state index is 0. The van der Waals surface area contributed by atoms with E-state index in [4.69, 9.17) is 17.3 Å². The molecule has 4 nitrogen and oxygen atoms in total. The van der Waals surface area contributed by atoms with Gasteiger partial charge in [0, 0.05) is 49.9 Å². The van der Waals surface area contributed by atoms with E-state index < -0.39 is 0 Å². The van der Waals surface area contributed by atoms with E-state index in [-0.39, 0.29) is 12.4 Å². The molecule has 2 heterocycles. The summed E-state index contributed by atoms with van der Waals surface area (Å²) >= 11 is 6.43. The fourth-order valence-electron chi connectivity index (χ4n) is 4.18. The maximum atomic E-state index is 6.43. The van der Waals surface area contributed by atoms with Crippen LogP contribution in [-0.4, -0.2) is 34.3 Å². The van der Waals surface area contributed by atoms with Crippen molar-refractivity contribution < 1.29 is 0 Å². The Morgan fingerprint density at radius 2 is 1.79 bits per heavy atom. The van der Waals surface area contributed by atoms with Gasteiger partial charge in [-0.25, -0.2) is 0 Å². The molecule has 1 aliphatic heterocycles. The van der Waals surface area contributed by atoms with Gasteiger partial charge < -0.3 is 5.73 Å². The average molecular weight is 417 g/mol. The van der Waals surface area contributed by atoms with Crippen molar-refractivity contribution in [3.63, 3.8) is 0 Å². The monoisotopic (exact) mass is 416 g/mol. The Bertz CT molecular complexity index is 910. The van der Waals surface area contributed by atoms with E-state index in [1.165, 1.54) is 11.1 Å². The summed E-state index contributed by atoms with van der Waals surface area (Å²) in [6.45, 7) is 3.59. The number of nitrogens with two attached hydrogens (primary N) is 1. The topological polar surface area (TPSA) is 47.1 Å². The second kappa shape index (κ2) is 9.10. The summed E-state index contributed by atoms with van der Waals surface area (Å²) in [5.74, 6) is 0.962. The summed E-state index contributed by atoms with van der Waals surface area (Å²) < 4.78 is 1.87. The molecule has 28 heavy (non-hydrogen) atoms. The molecule has 1 aromatic heterocycles. The number of benzene rings is 2. The van der Waals surface area contributed by atoms with Gasteiger partial charge in [-0.1, -0.05) is 60.1 Å². The fraction of sp³-hybridized carbons (Fsp3) is 0.318.